The quantitative estimate of drug-likeness (QED) is 0.650. The second-order valence-electron chi connectivity index (χ2n) is 3.15. The lowest BCUT2D eigenvalue weighted by Gasteiger charge is -2.01. The van der Waals surface area contributed by atoms with Gasteiger partial charge in [0.15, 0.2) is 0 Å². The number of aliphatic hydroxyl groups is 2. The molecule has 0 radical (unpaired) electrons. The molecule has 0 atom stereocenters. The summed E-state index contributed by atoms with van der Waals surface area (Å²) in [6.45, 7) is 1.73. The van der Waals surface area contributed by atoms with Crippen LogP contribution in [0.4, 0.5) is 0 Å². The van der Waals surface area contributed by atoms with Crippen molar-refractivity contribution < 1.29 is 24.8 Å². The SMILES string of the molecule is OCCOCCOCCO.Oc1cccc(Cl)c1. The summed E-state index contributed by atoms with van der Waals surface area (Å²) >= 11 is 5.48. The van der Waals surface area contributed by atoms with Crippen molar-refractivity contribution in [2.45, 2.75) is 0 Å². The van der Waals surface area contributed by atoms with E-state index in [9.17, 15) is 0 Å². The Kier molecular flexibility index (Phi) is 12.0. The Morgan fingerprint density at radius 1 is 0.944 bits per heavy atom. The summed E-state index contributed by atoms with van der Waals surface area (Å²) in [7, 11) is 0. The zero-order valence-electron chi connectivity index (χ0n) is 10.1. The van der Waals surface area contributed by atoms with Crippen LogP contribution in [0.15, 0.2) is 24.3 Å². The van der Waals surface area contributed by atoms with Gasteiger partial charge in [-0.15, -0.1) is 0 Å². The van der Waals surface area contributed by atoms with Gasteiger partial charge in [-0.05, 0) is 18.2 Å². The van der Waals surface area contributed by atoms with Gasteiger partial charge in [0.1, 0.15) is 5.75 Å². The predicted molar refractivity (Wildman–Crippen MR) is 68.9 cm³/mol. The fourth-order valence-electron chi connectivity index (χ4n) is 0.927. The van der Waals surface area contributed by atoms with E-state index in [1.54, 1.807) is 18.2 Å². The van der Waals surface area contributed by atoms with Gasteiger partial charge in [-0.1, -0.05) is 17.7 Å². The minimum Gasteiger partial charge on any atom is -0.508 e. The van der Waals surface area contributed by atoms with E-state index in [2.05, 4.69) is 0 Å². The monoisotopic (exact) mass is 278 g/mol. The van der Waals surface area contributed by atoms with Crippen molar-refractivity contribution in [1.29, 1.82) is 0 Å². The van der Waals surface area contributed by atoms with Crippen LogP contribution in [-0.2, 0) is 9.47 Å². The highest BCUT2D eigenvalue weighted by molar-refractivity contribution is 6.30. The number of hydrogen-bond acceptors (Lipinski definition) is 5. The molecule has 0 bridgehead atoms. The lowest BCUT2D eigenvalue weighted by Crippen LogP contribution is -2.09. The molecule has 1 rings (SSSR count). The molecule has 18 heavy (non-hydrogen) atoms. The Hall–Kier alpha value is -0.850. The maximum Gasteiger partial charge on any atom is 0.117 e. The van der Waals surface area contributed by atoms with Crippen LogP contribution in [0, 0.1) is 0 Å². The molecule has 0 heterocycles. The normalized spacial score (nSPS) is 9.72. The molecule has 6 heteroatoms. The average Bonchev–Trinajstić information content (AvgIpc) is 2.34. The van der Waals surface area contributed by atoms with E-state index in [-0.39, 0.29) is 19.0 Å². The molecular weight excluding hydrogens is 260 g/mol. The second kappa shape index (κ2) is 12.6. The maximum absolute atomic E-state index is 8.73. The van der Waals surface area contributed by atoms with E-state index in [1.165, 1.54) is 6.07 Å². The van der Waals surface area contributed by atoms with E-state index in [4.69, 9.17) is 36.4 Å². The summed E-state index contributed by atoms with van der Waals surface area (Å²) in [5.74, 6) is 0.206. The third kappa shape index (κ3) is 11.6. The first-order valence-electron chi connectivity index (χ1n) is 5.52. The lowest BCUT2D eigenvalue weighted by atomic mass is 10.3. The molecule has 0 aliphatic rings. The molecule has 0 spiro atoms. The molecule has 104 valence electrons. The maximum atomic E-state index is 8.73. The van der Waals surface area contributed by atoms with Gasteiger partial charge < -0.3 is 24.8 Å². The Bertz CT molecular complexity index is 270. The number of phenolic OH excluding ortho intramolecular Hbond substituents is 1. The van der Waals surface area contributed by atoms with Crippen molar-refractivity contribution in [1.82, 2.24) is 0 Å². The molecule has 0 saturated heterocycles. The summed E-state index contributed by atoms with van der Waals surface area (Å²) in [6.07, 6.45) is 0. The Balaban J connectivity index is 0.000000327. The van der Waals surface area contributed by atoms with Crippen LogP contribution in [0.1, 0.15) is 0 Å². The Morgan fingerprint density at radius 3 is 1.83 bits per heavy atom. The van der Waals surface area contributed by atoms with Gasteiger partial charge >= 0.3 is 0 Å². The van der Waals surface area contributed by atoms with E-state index in [1.807, 2.05) is 0 Å². The second-order valence-corrected chi connectivity index (χ2v) is 3.59. The molecule has 3 N–H and O–H groups in total. The molecule has 0 saturated carbocycles. The highest BCUT2D eigenvalue weighted by Crippen LogP contribution is 2.14. The predicted octanol–water partition coefficient (Wildman–Crippen LogP) is 1.05. The highest BCUT2D eigenvalue weighted by atomic mass is 35.5. The molecule has 0 unspecified atom stereocenters. The first-order chi connectivity index (χ1) is 8.70. The van der Waals surface area contributed by atoms with Crippen molar-refractivity contribution in [3.8, 4) is 5.75 Å². The Morgan fingerprint density at radius 2 is 1.50 bits per heavy atom. The highest BCUT2D eigenvalue weighted by Gasteiger charge is 1.87. The topological polar surface area (TPSA) is 79.2 Å². The third-order valence-corrected chi connectivity index (χ3v) is 1.89. The van der Waals surface area contributed by atoms with Gasteiger partial charge in [0.25, 0.3) is 0 Å². The van der Waals surface area contributed by atoms with Crippen LogP contribution in [0.25, 0.3) is 0 Å². The minimum absolute atomic E-state index is 0.0417. The van der Waals surface area contributed by atoms with Gasteiger partial charge in [0.2, 0.25) is 0 Å². The largest absolute Gasteiger partial charge is 0.508 e. The molecular formula is C12H19ClO5. The number of aromatic hydroxyl groups is 1. The first-order valence-corrected chi connectivity index (χ1v) is 5.90. The number of aliphatic hydroxyl groups excluding tert-OH is 2. The number of ether oxygens (including phenoxy) is 2. The van der Waals surface area contributed by atoms with Gasteiger partial charge in [0.05, 0.1) is 39.6 Å². The number of hydrogen-bond donors (Lipinski definition) is 3. The zero-order valence-corrected chi connectivity index (χ0v) is 10.8. The summed E-state index contributed by atoms with van der Waals surface area (Å²) in [6, 6.07) is 6.46. The van der Waals surface area contributed by atoms with Crippen molar-refractivity contribution in [3.05, 3.63) is 29.3 Å². The zero-order chi connectivity index (χ0) is 13.6. The third-order valence-electron chi connectivity index (χ3n) is 1.65. The minimum atomic E-state index is 0.0417. The average molecular weight is 279 g/mol. The van der Waals surface area contributed by atoms with Crippen LogP contribution in [0.3, 0.4) is 0 Å². The summed E-state index contributed by atoms with van der Waals surface area (Å²) in [5.41, 5.74) is 0. The summed E-state index contributed by atoms with van der Waals surface area (Å²) in [5, 5.41) is 25.8. The number of rotatable bonds is 7. The van der Waals surface area contributed by atoms with E-state index >= 15 is 0 Å². The number of phenols is 1. The van der Waals surface area contributed by atoms with Gasteiger partial charge in [-0.2, -0.15) is 0 Å². The Labute approximate surface area is 112 Å². The van der Waals surface area contributed by atoms with Crippen molar-refractivity contribution >= 4 is 11.6 Å². The van der Waals surface area contributed by atoms with Crippen LogP contribution in [0.2, 0.25) is 5.02 Å². The smallest absolute Gasteiger partial charge is 0.117 e. The van der Waals surface area contributed by atoms with Crippen LogP contribution in [0.5, 0.6) is 5.75 Å². The van der Waals surface area contributed by atoms with Crippen molar-refractivity contribution in [2.75, 3.05) is 39.6 Å². The standard InChI is InChI=1S/C6H5ClO.C6H14O4/c7-5-2-1-3-6(8)4-5;7-1-3-9-5-6-10-4-2-8/h1-4,8H;7-8H,1-6H2. The molecule has 1 aromatic carbocycles. The molecule has 0 aromatic heterocycles. The van der Waals surface area contributed by atoms with Crippen molar-refractivity contribution in [3.63, 3.8) is 0 Å². The van der Waals surface area contributed by atoms with Gasteiger partial charge in [-0.25, -0.2) is 0 Å². The van der Waals surface area contributed by atoms with Crippen LogP contribution >= 0.6 is 11.6 Å². The number of halogens is 1. The number of benzene rings is 1. The molecule has 0 amide bonds. The molecule has 0 aliphatic heterocycles. The first kappa shape index (κ1) is 17.2. The molecule has 0 aliphatic carbocycles. The van der Waals surface area contributed by atoms with E-state index in [0.717, 1.165) is 0 Å². The van der Waals surface area contributed by atoms with Crippen LogP contribution in [-0.4, -0.2) is 55.0 Å². The molecule has 5 nitrogen and oxygen atoms in total. The fourth-order valence-corrected chi connectivity index (χ4v) is 1.11. The van der Waals surface area contributed by atoms with E-state index < -0.39 is 0 Å². The van der Waals surface area contributed by atoms with Gasteiger partial charge in [-0.3, -0.25) is 0 Å². The summed E-state index contributed by atoms with van der Waals surface area (Å²) < 4.78 is 9.75. The molecule has 0 fully saturated rings. The van der Waals surface area contributed by atoms with E-state index in [0.29, 0.717) is 31.5 Å². The summed E-state index contributed by atoms with van der Waals surface area (Å²) in [4.78, 5) is 0. The van der Waals surface area contributed by atoms with Gasteiger partial charge in [0, 0.05) is 5.02 Å². The van der Waals surface area contributed by atoms with Crippen molar-refractivity contribution in [2.24, 2.45) is 0 Å². The lowest BCUT2D eigenvalue weighted by molar-refractivity contribution is 0.0222. The van der Waals surface area contributed by atoms with Crippen LogP contribution < -0.4 is 0 Å². The fraction of sp³-hybridized carbons (Fsp3) is 0.500. The molecule has 1 aromatic rings.